The standard InChI is InChI=1S/C77H140NO8P/c1-3-5-7-9-11-13-15-17-19-21-23-25-27-29-31-33-35-36-37-38-40-42-44-46-48-50-52-54-56-58-60-62-64-66-68-70-77(80)86-75(74-85-87(81,82)84-72-71-78)73-83-76(79)69-67-65-63-61-59-57-55-53-51-49-47-45-43-41-39-34-32-30-28-26-24-22-20-18-16-14-12-10-8-6-4-2/h5,7,11,13,16-19,22-25,29,31,75H,3-4,6,8-10,12,14-15,20-21,26-28,30,32-74,78H2,1-2H3,(H,81,82)/b7-5-,13-11-,18-16-,19-17-,24-22-,25-23-,31-29-. The second kappa shape index (κ2) is 72.3. The molecule has 0 saturated carbocycles. The number of allylic oxidation sites excluding steroid dienone is 14. The van der Waals surface area contributed by atoms with Crippen molar-refractivity contribution < 1.29 is 37.6 Å². The number of unbranched alkanes of at least 4 members (excludes halogenated alkanes) is 43. The van der Waals surface area contributed by atoms with Crippen molar-refractivity contribution in [3.8, 4) is 0 Å². The van der Waals surface area contributed by atoms with E-state index in [1.165, 1.54) is 257 Å². The number of phosphoric acid groups is 1. The number of rotatable bonds is 70. The highest BCUT2D eigenvalue weighted by atomic mass is 31.2. The van der Waals surface area contributed by atoms with Gasteiger partial charge in [-0.25, -0.2) is 4.57 Å². The fourth-order valence-electron chi connectivity index (χ4n) is 10.8. The molecule has 0 spiro atoms. The first kappa shape index (κ1) is 84.2. The van der Waals surface area contributed by atoms with E-state index < -0.39 is 26.5 Å². The van der Waals surface area contributed by atoms with Crippen LogP contribution < -0.4 is 5.73 Å². The first-order valence-corrected chi connectivity index (χ1v) is 38.6. The van der Waals surface area contributed by atoms with Crippen LogP contribution in [0.25, 0.3) is 0 Å². The van der Waals surface area contributed by atoms with Crippen molar-refractivity contribution in [3.63, 3.8) is 0 Å². The summed E-state index contributed by atoms with van der Waals surface area (Å²) in [5.41, 5.74) is 5.41. The smallest absolute Gasteiger partial charge is 0.462 e. The van der Waals surface area contributed by atoms with Gasteiger partial charge in [0.25, 0.3) is 0 Å². The quantitative estimate of drug-likeness (QED) is 0.0264. The van der Waals surface area contributed by atoms with Gasteiger partial charge in [-0.3, -0.25) is 18.6 Å². The summed E-state index contributed by atoms with van der Waals surface area (Å²) in [5.74, 6) is -0.810. The van der Waals surface area contributed by atoms with Crippen LogP contribution in [0.4, 0.5) is 0 Å². The van der Waals surface area contributed by atoms with E-state index in [0.29, 0.717) is 6.42 Å². The molecule has 0 aliphatic heterocycles. The Hall–Kier alpha value is -2.81. The third kappa shape index (κ3) is 72.1. The Morgan fingerprint density at radius 3 is 0.943 bits per heavy atom. The average molecular weight is 1240 g/mol. The average Bonchev–Trinajstić information content (AvgIpc) is 3.64. The molecule has 0 rings (SSSR count). The van der Waals surface area contributed by atoms with E-state index in [1.54, 1.807) is 0 Å². The fourth-order valence-corrected chi connectivity index (χ4v) is 11.6. The molecule has 2 unspecified atom stereocenters. The molecule has 2 atom stereocenters. The van der Waals surface area contributed by atoms with Crippen LogP contribution in [-0.4, -0.2) is 49.3 Å². The molecule has 0 amide bonds. The van der Waals surface area contributed by atoms with Crippen LogP contribution in [0.2, 0.25) is 0 Å². The van der Waals surface area contributed by atoms with Crippen LogP contribution >= 0.6 is 7.82 Å². The Morgan fingerprint density at radius 1 is 0.356 bits per heavy atom. The zero-order valence-electron chi connectivity index (χ0n) is 57.0. The zero-order valence-corrected chi connectivity index (χ0v) is 57.9. The van der Waals surface area contributed by atoms with Gasteiger partial charge in [0, 0.05) is 19.4 Å². The number of nitrogens with two attached hydrogens (primary N) is 1. The van der Waals surface area contributed by atoms with Gasteiger partial charge in [0.05, 0.1) is 13.2 Å². The van der Waals surface area contributed by atoms with Gasteiger partial charge in [-0.1, -0.05) is 343 Å². The minimum absolute atomic E-state index is 0.0535. The largest absolute Gasteiger partial charge is 0.472 e. The molecule has 0 bridgehead atoms. The van der Waals surface area contributed by atoms with E-state index in [4.69, 9.17) is 24.3 Å². The van der Waals surface area contributed by atoms with Gasteiger partial charge < -0.3 is 20.1 Å². The SMILES string of the molecule is CC/C=C\C/C=C\C/C=C\C/C=C\C/C=C\CCCCCCCCCCCCCCCCCCCCCC(=O)OC(COC(=O)CCCCCCCCCCCCCCCCCCCCC/C=C\C/C=C\CCCCCCC)COP(=O)(O)OCCN. The van der Waals surface area contributed by atoms with Crippen molar-refractivity contribution in [2.45, 2.75) is 367 Å². The minimum atomic E-state index is -4.40. The summed E-state index contributed by atoms with van der Waals surface area (Å²) in [6.45, 7) is 3.68. The highest BCUT2D eigenvalue weighted by molar-refractivity contribution is 7.47. The van der Waals surface area contributed by atoms with Crippen molar-refractivity contribution in [1.82, 2.24) is 0 Å². The van der Waals surface area contributed by atoms with Gasteiger partial charge >= 0.3 is 19.8 Å². The van der Waals surface area contributed by atoms with Gasteiger partial charge in [-0.15, -0.1) is 0 Å². The van der Waals surface area contributed by atoms with Crippen molar-refractivity contribution >= 4 is 19.8 Å². The fraction of sp³-hybridized carbons (Fsp3) is 0.792. The van der Waals surface area contributed by atoms with E-state index in [9.17, 15) is 19.0 Å². The van der Waals surface area contributed by atoms with E-state index >= 15 is 0 Å². The normalized spacial score (nSPS) is 13.4. The first-order valence-electron chi connectivity index (χ1n) is 37.1. The van der Waals surface area contributed by atoms with E-state index in [0.717, 1.165) is 70.6 Å². The second-order valence-electron chi connectivity index (χ2n) is 24.8. The van der Waals surface area contributed by atoms with Crippen molar-refractivity contribution in [2.24, 2.45) is 5.73 Å². The van der Waals surface area contributed by atoms with Gasteiger partial charge in [0.1, 0.15) is 6.61 Å². The molecule has 0 aromatic carbocycles. The summed E-state index contributed by atoms with van der Waals surface area (Å²) in [5, 5.41) is 0. The molecule has 0 aliphatic rings. The minimum Gasteiger partial charge on any atom is -0.462 e. The van der Waals surface area contributed by atoms with Crippen molar-refractivity contribution in [2.75, 3.05) is 26.4 Å². The Labute approximate surface area is 538 Å². The molecule has 9 nitrogen and oxygen atoms in total. The Bertz CT molecular complexity index is 1700. The number of carbonyl (C=O) groups excluding carboxylic acids is 2. The van der Waals surface area contributed by atoms with Crippen LogP contribution in [0.15, 0.2) is 85.1 Å². The molecule has 0 aromatic rings. The molecule has 0 saturated heterocycles. The third-order valence-electron chi connectivity index (χ3n) is 16.3. The van der Waals surface area contributed by atoms with Crippen LogP contribution in [0.3, 0.4) is 0 Å². The summed E-state index contributed by atoms with van der Waals surface area (Å²) in [6.07, 6.45) is 96.9. The summed E-state index contributed by atoms with van der Waals surface area (Å²) in [7, 11) is -4.40. The predicted molar refractivity (Wildman–Crippen MR) is 376 cm³/mol. The van der Waals surface area contributed by atoms with E-state index in [2.05, 4.69) is 98.9 Å². The molecule has 0 aromatic heterocycles. The van der Waals surface area contributed by atoms with Gasteiger partial charge in [0.15, 0.2) is 6.10 Å². The number of hydrogen-bond acceptors (Lipinski definition) is 8. The maximum absolute atomic E-state index is 12.8. The van der Waals surface area contributed by atoms with Crippen molar-refractivity contribution in [3.05, 3.63) is 85.1 Å². The number of ether oxygens (including phenoxy) is 2. The second-order valence-corrected chi connectivity index (χ2v) is 26.2. The zero-order chi connectivity index (χ0) is 63.0. The first-order chi connectivity index (χ1) is 42.8. The number of carbonyl (C=O) groups is 2. The van der Waals surface area contributed by atoms with Crippen LogP contribution in [0.5, 0.6) is 0 Å². The molecule has 0 aliphatic carbocycles. The van der Waals surface area contributed by atoms with Crippen LogP contribution in [0.1, 0.15) is 361 Å². The third-order valence-corrected chi connectivity index (χ3v) is 17.2. The maximum Gasteiger partial charge on any atom is 0.472 e. The summed E-state index contributed by atoms with van der Waals surface area (Å²) in [6, 6.07) is 0. The monoisotopic (exact) mass is 1240 g/mol. The summed E-state index contributed by atoms with van der Waals surface area (Å²) < 4.78 is 33.2. The Morgan fingerprint density at radius 2 is 0.632 bits per heavy atom. The van der Waals surface area contributed by atoms with E-state index in [-0.39, 0.29) is 38.6 Å². The lowest BCUT2D eigenvalue weighted by molar-refractivity contribution is -0.161. The number of phosphoric ester groups is 1. The summed E-state index contributed by atoms with van der Waals surface area (Å²) in [4.78, 5) is 35.4. The highest BCUT2D eigenvalue weighted by Gasteiger charge is 2.26. The molecule has 3 N–H and O–H groups in total. The van der Waals surface area contributed by atoms with Gasteiger partial charge in [-0.2, -0.15) is 0 Å². The van der Waals surface area contributed by atoms with Crippen molar-refractivity contribution in [1.29, 1.82) is 0 Å². The molecule has 87 heavy (non-hydrogen) atoms. The lowest BCUT2D eigenvalue weighted by Gasteiger charge is -2.19. The maximum atomic E-state index is 12.8. The van der Waals surface area contributed by atoms with Gasteiger partial charge in [-0.05, 0) is 89.9 Å². The molecular weight excluding hydrogens is 1100 g/mol. The Balaban J connectivity index is 3.82. The van der Waals surface area contributed by atoms with Gasteiger partial charge in [0.2, 0.25) is 0 Å². The molecule has 0 fully saturated rings. The lowest BCUT2D eigenvalue weighted by Crippen LogP contribution is -2.29. The lowest BCUT2D eigenvalue weighted by atomic mass is 10.0. The van der Waals surface area contributed by atoms with Crippen LogP contribution in [0, 0.1) is 0 Å². The number of hydrogen-bond donors (Lipinski definition) is 2. The van der Waals surface area contributed by atoms with E-state index in [1.807, 2.05) is 0 Å². The topological polar surface area (TPSA) is 134 Å². The molecule has 10 heteroatoms. The number of esters is 2. The molecule has 506 valence electrons. The predicted octanol–water partition coefficient (Wildman–Crippen LogP) is 24.5. The molecule has 0 radical (unpaired) electrons. The Kier molecular flexibility index (Phi) is 69.9. The molecular formula is C77H140NO8P. The summed E-state index contributed by atoms with van der Waals surface area (Å²) >= 11 is 0. The highest BCUT2D eigenvalue weighted by Crippen LogP contribution is 2.43. The van der Waals surface area contributed by atoms with Crippen LogP contribution in [-0.2, 0) is 32.7 Å². The molecule has 0 heterocycles.